The molecule has 5 heterocycles. The Balaban J connectivity index is 1.48. The van der Waals surface area contributed by atoms with E-state index >= 15 is 0 Å². The highest BCUT2D eigenvalue weighted by Gasteiger charge is 2.40. The summed E-state index contributed by atoms with van der Waals surface area (Å²) >= 11 is 1.56. The second-order valence-corrected chi connectivity index (χ2v) is 11.3. The fraction of sp³-hybridized carbons (Fsp3) is 0.409. The molecule has 11 heteroatoms. The summed E-state index contributed by atoms with van der Waals surface area (Å²) in [6.45, 7) is 6.31. The zero-order valence-corrected chi connectivity index (χ0v) is 19.9. The number of ether oxygens (including phenoxy) is 2. The first-order valence-corrected chi connectivity index (χ1v) is 13.2. The number of sulfone groups is 1. The van der Waals surface area contributed by atoms with Crippen LogP contribution in [0, 0.1) is 13.8 Å². The van der Waals surface area contributed by atoms with Crippen molar-refractivity contribution in [3.63, 3.8) is 0 Å². The molecule has 9 nitrogen and oxygen atoms in total. The van der Waals surface area contributed by atoms with Crippen LogP contribution in [0.5, 0.6) is 0 Å². The van der Waals surface area contributed by atoms with Crippen LogP contribution in [0.4, 0.5) is 5.82 Å². The van der Waals surface area contributed by atoms with Gasteiger partial charge in [-0.15, -0.1) is 16.4 Å². The molecular formula is C22H23N5O4S2. The summed E-state index contributed by atoms with van der Waals surface area (Å²) in [7, 11) is -3.90. The molecule has 0 bridgehead atoms. The molecule has 2 fully saturated rings. The van der Waals surface area contributed by atoms with Gasteiger partial charge in [-0.05, 0) is 42.5 Å². The Morgan fingerprint density at radius 2 is 1.85 bits per heavy atom. The monoisotopic (exact) mass is 485 g/mol. The third-order valence-corrected chi connectivity index (χ3v) is 9.12. The van der Waals surface area contributed by atoms with Crippen molar-refractivity contribution in [2.75, 3.05) is 31.2 Å². The van der Waals surface area contributed by atoms with Crippen molar-refractivity contribution in [2.24, 2.45) is 0 Å². The van der Waals surface area contributed by atoms with Gasteiger partial charge in [0.05, 0.1) is 28.3 Å². The van der Waals surface area contributed by atoms with Crippen LogP contribution < -0.4 is 4.90 Å². The first-order valence-electron chi connectivity index (χ1n) is 10.9. The Morgan fingerprint density at radius 1 is 1.09 bits per heavy atom. The molecule has 0 amide bonds. The maximum absolute atomic E-state index is 13.6. The Hall–Kier alpha value is -2.60. The van der Waals surface area contributed by atoms with E-state index < -0.39 is 15.6 Å². The Kier molecular flexibility index (Phi) is 4.74. The quantitative estimate of drug-likeness (QED) is 0.437. The lowest BCUT2D eigenvalue weighted by Gasteiger charge is -2.38. The van der Waals surface area contributed by atoms with Crippen LogP contribution in [-0.2, 0) is 19.3 Å². The summed E-state index contributed by atoms with van der Waals surface area (Å²) in [4.78, 5) is 7.24. The van der Waals surface area contributed by atoms with Crippen molar-refractivity contribution in [2.45, 2.75) is 42.4 Å². The Labute approximate surface area is 194 Å². The normalized spacial score (nSPS) is 18.7. The number of hydrogen-bond acceptors (Lipinski definition) is 9. The van der Waals surface area contributed by atoms with Crippen LogP contribution in [0.15, 0.2) is 39.6 Å². The number of fused-ring (bicyclic) bond motifs is 3. The van der Waals surface area contributed by atoms with Crippen LogP contribution in [0.3, 0.4) is 0 Å². The van der Waals surface area contributed by atoms with Crippen molar-refractivity contribution in [3.05, 3.63) is 40.8 Å². The highest BCUT2D eigenvalue weighted by atomic mass is 32.2. The molecule has 0 N–H and O–H groups in total. The molecule has 4 aromatic rings. The first-order chi connectivity index (χ1) is 15.9. The molecule has 3 aromatic heterocycles. The fourth-order valence-electron chi connectivity index (χ4n) is 4.64. The summed E-state index contributed by atoms with van der Waals surface area (Å²) < 4.78 is 41.4. The van der Waals surface area contributed by atoms with Crippen LogP contribution in [0.1, 0.15) is 24.0 Å². The molecule has 2 aliphatic rings. The standard InChI is InChI=1S/C22H23N5O4S2/c1-14-3-4-15(2)17(13-14)33(28,29)21-20-23-19(18-16(5-12-32-18)27(20)25-24-21)26-8-6-22(7-9-26)30-10-11-31-22/h3-5,12-13H,6-11H2,1-2H3. The Bertz CT molecular complexity index is 1480. The molecule has 0 atom stereocenters. The molecule has 0 aliphatic carbocycles. The average molecular weight is 486 g/mol. The fourth-order valence-corrected chi connectivity index (χ4v) is 7.09. The molecule has 0 radical (unpaired) electrons. The van der Waals surface area contributed by atoms with Crippen LogP contribution in [-0.4, -0.2) is 60.3 Å². The maximum atomic E-state index is 13.6. The minimum atomic E-state index is -3.90. The van der Waals surface area contributed by atoms with Gasteiger partial charge in [-0.2, -0.15) is 4.52 Å². The van der Waals surface area contributed by atoms with Crippen molar-refractivity contribution >= 4 is 42.9 Å². The minimum absolute atomic E-state index is 0.124. The van der Waals surface area contributed by atoms with E-state index in [4.69, 9.17) is 14.5 Å². The third-order valence-electron chi connectivity index (χ3n) is 6.43. The van der Waals surface area contributed by atoms with E-state index in [1.165, 1.54) is 4.52 Å². The molecule has 1 aromatic carbocycles. The van der Waals surface area contributed by atoms with Crippen LogP contribution >= 0.6 is 11.3 Å². The second-order valence-electron chi connectivity index (χ2n) is 8.57. The molecule has 2 aliphatic heterocycles. The highest BCUT2D eigenvalue weighted by molar-refractivity contribution is 7.91. The van der Waals surface area contributed by atoms with Crippen LogP contribution in [0.25, 0.3) is 15.9 Å². The van der Waals surface area contributed by atoms with Crippen molar-refractivity contribution in [1.29, 1.82) is 0 Å². The SMILES string of the molecule is Cc1ccc(C)c(S(=O)(=O)c2nnn3c2nc(N2CCC4(CC2)OCCO4)c2sccc23)c1. The lowest BCUT2D eigenvalue weighted by Crippen LogP contribution is -2.45. The molecule has 6 rings (SSSR count). The zero-order chi connectivity index (χ0) is 22.8. The van der Waals surface area contributed by atoms with Gasteiger partial charge in [-0.25, -0.2) is 13.4 Å². The van der Waals surface area contributed by atoms with E-state index in [0.29, 0.717) is 31.9 Å². The summed E-state index contributed by atoms with van der Waals surface area (Å²) in [5.74, 6) is 0.255. The largest absolute Gasteiger partial charge is 0.355 e. The summed E-state index contributed by atoms with van der Waals surface area (Å²) in [5, 5.41) is 10.1. The van der Waals surface area contributed by atoms with E-state index in [2.05, 4.69) is 15.2 Å². The molecule has 0 unspecified atom stereocenters. The van der Waals surface area contributed by atoms with Gasteiger partial charge < -0.3 is 14.4 Å². The number of benzene rings is 1. The first kappa shape index (κ1) is 21.0. The van der Waals surface area contributed by atoms with Gasteiger partial charge in [-0.1, -0.05) is 17.3 Å². The number of anilines is 1. The number of thiophene rings is 1. The van der Waals surface area contributed by atoms with Crippen molar-refractivity contribution < 1.29 is 17.9 Å². The number of piperidine rings is 1. The van der Waals surface area contributed by atoms with E-state index in [1.807, 2.05) is 24.4 Å². The van der Waals surface area contributed by atoms with Gasteiger partial charge >= 0.3 is 0 Å². The summed E-state index contributed by atoms with van der Waals surface area (Å²) in [5.41, 5.74) is 2.56. The second kappa shape index (κ2) is 7.45. The summed E-state index contributed by atoms with van der Waals surface area (Å²) in [6, 6.07) is 7.30. The van der Waals surface area contributed by atoms with Gasteiger partial charge in [-0.3, -0.25) is 0 Å². The number of aromatic nitrogens is 4. The van der Waals surface area contributed by atoms with Gasteiger partial charge in [0, 0.05) is 25.9 Å². The predicted octanol–water partition coefficient (Wildman–Crippen LogP) is 3.13. The molecule has 1 spiro atoms. The number of rotatable bonds is 3. The number of hydrogen-bond donors (Lipinski definition) is 0. The number of nitrogens with zero attached hydrogens (tertiary/aromatic N) is 5. The molecule has 172 valence electrons. The van der Waals surface area contributed by atoms with Gasteiger partial charge in [0.25, 0.3) is 0 Å². The van der Waals surface area contributed by atoms with Crippen molar-refractivity contribution in [3.8, 4) is 0 Å². The molecular weight excluding hydrogens is 462 g/mol. The van der Waals surface area contributed by atoms with E-state index in [9.17, 15) is 8.42 Å². The van der Waals surface area contributed by atoms with Gasteiger partial charge in [0.1, 0.15) is 0 Å². The van der Waals surface area contributed by atoms with E-state index in [-0.39, 0.29) is 15.6 Å². The third kappa shape index (κ3) is 3.25. The smallest absolute Gasteiger partial charge is 0.229 e. The van der Waals surface area contributed by atoms with Crippen LogP contribution in [0.2, 0.25) is 0 Å². The average Bonchev–Trinajstić information content (AvgIpc) is 3.54. The van der Waals surface area contributed by atoms with E-state index in [1.54, 1.807) is 30.4 Å². The zero-order valence-electron chi connectivity index (χ0n) is 18.3. The maximum Gasteiger partial charge on any atom is 0.229 e. The predicted molar refractivity (Wildman–Crippen MR) is 124 cm³/mol. The highest BCUT2D eigenvalue weighted by Crippen LogP contribution is 2.37. The van der Waals surface area contributed by atoms with Crippen molar-refractivity contribution in [1.82, 2.24) is 19.8 Å². The topological polar surface area (TPSA) is 98.9 Å². The van der Waals surface area contributed by atoms with E-state index in [0.717, 1.165) is 34.4 Å². The van der Waals surface area contributed by atoms with Gasteiger partial charge in [0.15, 0.2) is 17.3 Å². The van der Waals surface area contributed by atoms with Gasteiger partial charge in [0.2, 0.25) is 14.9 Å². The molecule has 33 heavy (non-hydrogen) atoms. The minimum Gasteiger partial charge on any atom is -0.355 e. The lowest BCUT2D eigenvalue weighted by atomic mass is 10.0. The lowest BCUT2D eigenvalue weighted by molar-refractivity contribution is -0.169. The molecule has 0 saturated carbocycles. The summed E-state index contributed by atoms with van der Waals surface area (Å²) in [6.07, 6.45) is 1.47. The number of aryl methyl sites for hydroxylation is 2. The molecule has 2 saturated heterocycles. The Morgan fingerprint density at radius 3 is 2.61 bits per heavy atom.